The molecule has 23 heavy (non-hydrogen) atoms. The summed E-state index contributed by atoms with van der Waals surface area (Å²) in [6, 6.07) is 9.94. The largest absolute Gasteiger partial charge is 0.492 e. The molecule has 0 fully saturated rings. The van der Waals surface area contributed by atoms with Gasteiger partial charge >= 0.3 is 0 Å². The van der Waals surface area contributed by atoms with Gasteiger partial charge in [-0.15, -0.1) is 11.3 Å². The summed E-state index contributed by atoms with van der Waals surface area (Å²) in [5.41, 5.74) is 3.78. The Morgan fingerprint density at radius 2 is 2.30 bits per heavy atom. The van der Waals surface area contributed by atoms with Crippen LogP contribution in [0.2, 0.25) is 0 Å². The zero-order valence-corrected chi connectivity index (χ0v) is 15.3. The Labute approximate surface area is 148 Å². The maximum Gasteiger partial charge on any atom is 0.240 e. The maximum atomic E-state index is 11.6. The molecule has 2 rings (SSSR count). The van der Waals surface area contributed by atoms with E-state index in [1.807, 2.05) is 29.6 Å². The Bertz CT molecular complexity index is 657. The molecule has 4 nitrogen and oxygen atoms in total. The molecule has 1 heterocycles. The van der Waals surface area contributed by atoms with Crippen molar-refractivity contribution in [3.8, 4) is 5.75 Å². The van der Waals surface area contributed by atoms with Gasteiger partial charge in [0.15, 0.2) is 0 Å². The molecule has 1 amide bonds. The van der Waals surface area contributed by atoms with E-state index in [1.165, 1.54) is 5.56 Å². The Morgan fingerprint density at radius 1 is 1.43 bits per heavy atom. The van der Waals surface area contributed by atoms with Gasteiger partial charge in [0, 0.05) is 11.3 Å². The highest BCUT2D eigenvalue weighted by Gasteiger charge is 2.04. The van der Waals surface area contributed by atoms with Crippen LogP contribution in [0.15, 0.2) is 45.3 Å². The van der Waals surface area contributed by atoms with Gasteiger partial charge in [0.1, 0.15) is 5.75 Å². The second kappa shape index (κ2) is 9.47. The van der Waals surface area contributed by atoms with Gasteiger partial charge in [0.25, 0.3) is 0 Å². The van der Waals surface area contributed by atoms with Gasteiger partial charge in [-0.1, -0.05) is 19.1 Å². The van der Waals surface area contributed by atoms with Gasteiger partial charge in [0.2, 0.25) is 5.91 Å². The predicted octanol–water partition coefficient (Wildman–Crippen LogP) is 4.38. The van der Waals surface area contributed by atoms with Crippen LogP contribution in [-0.2, 0) is 11.2 Å². The van der Waals surface area contributed by atoms with Crippen molar-refractivity contribution in [2.45, 2.75) is 26.2 Å². The second-order valence-corrected chi connectivity index (χ2v) is 6.71. The summed E-state index contributed by atoms with van der Waals surface area (Å²) >= 11 is 5.07. The van der Waals surface area contributed by atoms with Crippen LogP contribution < -0.4 is 10.2 Å². The van der Waals surface area contributed by atoms with E-state index in [1.54, 1.807) is 17.6 Å². The summed E-state index contributed by atoms with van der Waals surface area (Å²) in [5.74, 6) is 0.695. The number of carbonyl (C=O) groups excluding carboxylic acids is 1. The lowest BCUT2D eigenvalue weighted by Gasteiger charge is -2.09. The van der Waals surface area contributed by atoms with Crippen molar-refractivity contribution in [1.82, 2.24) is 5.43 Å². The molecule has 1 aromatic carbocycles. The Morgan fingerprint density at radius 3 is 3.00 bits per heavy atom. The summed E-state index contributed by atoms with van der Waals surface area (Å²) in [7, 11) is 0. The van der Waals surface area contributed by atoms with E-state index in [0.717, 1.165) is 21.5 Å². The molecule has 0 saturated carbocycles. The number of hydrazone groups is 1. The molecule has 0 atom stereocenters. The highest BCUT2D eigenvalue weighted by Crippen LogP contribution is 2.26. The number of aryl methyl sites for hydroxylation is 1. The number of ether oxygens (including phenoxy) is 1. The summed E-state index contributed by atoms with van der Waals surface area (Å²) < 4.78 is 6.63. The van der Waals surface area contributed by atoms with Crippen LogP contribution in [0, 0.1) is 0 Å². The Balaban J connectivity index is 1.66. The quantitative estimate of drug-likeness (QED) is 0.410. The fourth-order valence-electron chi connectivity index (χ4n) is 1.88. The van der Waals surface area contributed by atoms with Crippen molar-refractivity contribution in [2.24, 2.45) is 5.10 Å². The third-order valence-corrected chi connectivity index (χ3v) is 4.56. The number of thiophene rings is 1. The molecule has 0 radical (unpaired) electrons. The Hall–Kier alpha value is -1.66. The molecule has 2 aromatic rings. The van der Waals surface area contributed by atoms with E-state index in [-0.39, 0.29) is 5.91 Å². The van der Waals surface area contributed by atoms with Crippen LogP contribution in [0.5, 0.6) is 5.75 Å². The average Bonchev–Trinajstić information content (AvgIpc) is 3.06. The zero-order chi connectivity index (χ0) is 16.5. The minimum absolute atomic E-state index is 0.109. The molecule has 0 aliphatic carbocycles. The molecular weight excluding hydrogens is 376 g/mol. The number of benzene rings is 1. The topological polar surface area (TPSA) is 50.7 Å². The summed E-state index contributed by atoms with van der Waals surface area (Å²) in [4.78, 5) is 12.7. The van der Waals surface area contributed by atoms with Crippen LogP contribution >= 0.6 is 27.3 Å². The van der Waals surface area contributed by atoms with Crippen molar-refractivity contribution in [1.29, 1.82) is 0 Å². The summed E-state index contributed by atoms with van der Waals surface area (Å²) in [6.07, 6.45) is 3.66. The third-order valence-electron chi connectivity index (χ3n) is 3.13. The lowest BCUT2D eigenvalue weighted by atomic mass is 10.2. The second-order valence-electron chi connectivity index (χ2n) is 4.88. The highest BCUT2D eigenvalue weighted by molar-refractivity contribution is 9.10. The van der Waals surface area contributed by atoms with Crippen molar-refractivity contribution in [3.63, 3.8) is 0 Å². The van der Waals surface area contributed by atoms with E-state index < -0.39 is 0 Å². The SMILES string of the molecule is CCc1ccc(OCCCC(=O)N/N=C/c2cccs2)c(Br)c1. The lowest BCUT2D eigenvalue weighted by molar-refractivity contribution is -0.121. The molecule has 0 aliphatic rings. The number of halogens is 1. The smallest absolute Gasteiger partial charge is 0.240 e. The minimum atomic E-state index is -0.109. The maximum absolute atomic E-state index is 11.6. The number of nitrogens with one attached hydrogen (secondary N) is 1. The number of amides is 1. The lowest BCUT2D eigenvalue weighted by Crippen LogP contribution is -2.17. The molecule has 0 saturated heterocycles. The molecule has 1 aromatic heterocycles. The van der Waals surface area contributed by atoms with Gasteiger partial charge in [-0.2, -0.15) is 5.10 Å². The van der Waals surface area contributed by atoms with E-state index in [0.29, 0.717) is 19.4 Å². The van der Waals surface area contributed by atoms with Gasteiger partial charge < -0.3 is 4.74 Å². The first kappa shape index (κ1) is 17.7. The van der Waals surface area contributed by atoms with Crippen molar-refractivity contribution < 1.29 is 9.53 Å². The normalized spacial score (nSPS) is 10.9. The first-order valence-electron chi connectivity index (χ1n) is 7.45. The third kappa shape index (κ3) is 6.15. The average molecular weight is 395 g/mol. The number of carbonyl (C=O) groups is 1. The summed E-state index contributed by atoms with van der Waals surface area (Å²) in [6.45, 7) is 2.61. The first-order chi connectivity index (χ1) is 11.2. The number of rotatable bonds is 8. The van der Waals surface area contributed by atoms with Crippen molar-refractivity contribution in [2.75, 3.05) is 6.61 Å². The minimum Gasteiger partial charge on any atom is -0.492 e. The standard InChI is InChI=1S/C17H19BrN2O2S/c1-2-13-7-8-16(15(18)11-13)22-9-3-6-17(21)20-19-12-14-5-4-10-23-14/h4-5,7-8,10-12H,2-3,6,9H2,1H3,(H,20,21)/b19-12+. The molecule has 0 unspecified atom stereocenters. The molecule has 6 heteroatoms. The predicted molar refractivity (Wildman–Crippen MR) is 98.3 cm³/mol. The van der Waals surface area contributed by atoms with Gasteiger partial charge in [-0.05, 0) is 57.9 Å². The zero-order valence-electron chi connectivity index (χ0n) is 12.9. The van der Waals surface area contributed by atoms with Gasteiger partial charge in [-0.3, -0.25) is 4.79 Å². The molecule has 0 aliphatic heterocycles. The van der Waals surface area contributed by atoms with Gasteiger partial charge in [0.05, 0.1) is 17.3 Å². The fraction of sp³-hybridized carbons (Fsp3) is 0.294. The van der Waals surface area contributed by atoms with Gasteiger partial charge in [-0.25, -0.2) is 5.43 Å². The number of hydrogen-bond donors (Lipinski definition) is 1. The van der Waals surface area contributed by atoms with Crippen LogP contribution in [0.3, 0.4) is 0 Å². The van der Waals surface area contributed by atoms with Crippen molar-refractivity contribution in [3.05, 3.63) is 50.6 Å². The van der Waals surface area contributed by atoms with E-state index in [2.05, 4.69) is 39.4 Å². The summed E-state index contributed by atoms with van der Waals surface area (Å²) in [5, 5.41) is 5.89. The van der Waals surface area contributed by atoms with Crippen LogP contribution in [0.25, 0.3) is 0 Å². The fourth-order valence-corrected chi connectivity index (χ4v) is 3.01. The van der Waals surface area contributed by atoms with Crippen molar-refractivity contribution >= 4 is 39.4 Å². The molecule has 122 valence electrons. The molecular formula is C17H19BrN2O2S. The Kier molecular flexibility index (Phi) is 7.29. The number of nitrogens with zero attached hydrogens (tertiary/aromatic N) is 1. The van der Waals surface area contributed by atoms with Crippen LogP contribution in [-0.4, -0.2) is 18.7 Å². The van der Waals surface area contributed by atoms with Crippen LogP contribution in [0.4, 0.5) is 0 Å². The van der Waals surface area contributed by atoms with E-state index in [9.17, 15) is 4.79 Å². The number of hydrogen-bond acceptors (Lipinski definition) is 4. The molecule has 1 N–H and O–H groups in total. The first-order valence-corrected chi connectivity index (χ1v) is 9.13. The van der Waals surface area contributed by atoms with Crippen LogP contribution in [0.1, 0.15) is 30.2 Å². The van der Waals surface area contributed by atoms with E-state index >= 15 is 0 Å². The molecule has 0 spiro atoms. The molecule has 0 bridgehead atoms. The van der Waals surface area contributed by atoms with E-state index in [4.69, 9.17) is 4.74 Å². The highest BCUT2D eigenvalue weighted by atomic mass is 79.9. The monoisotopic (exact) mass is 394 g/mol.